The highest BCUT2D eigenvalue weighted by molar-refractivity contribution is 5.89. The van der Waals surface area contributed by atoms with E-state index in [0.29, 0.717) is 6.07 Å². The normalized spacial score (nSPS) is 10.9. The minimum atomic E-state index is -1.46. The van der Waals surface area contributed by atoms with Gasteiger partial charge in [-0.3, -0.25) is 20.2 Å². The Morgan fingerprint density at radius 3 is 1.75 bits per heavy atom. The van der Waals surface area contributed by atoms with Gasteiger partial charge < -0.3 is 10.2 Å². The molecule has 9 nitrogen and oxygen atoms in total. The molecule has 0 saturated heterocycles. The largest absolute Gasteiger partial charge is 0.478 e. The fourth-order valence-electron chi connectivity index (χ4n) is 1.66. The van der Waals surface area contributed by atoms with Crippen LogP contribution in [0.25, 0.3) is 0 Å². The number of rotatable bonds is 4. The number of benzene rings is 2. The van der Waals surface area contributed by atoms with Crippen molar-refractivity contribution < 1.29 is 24.9 Å². The van der Waals surface area contributed by atoms with Gasteiger partial charge in [0.05, 0.1) is 27.6 Å². The first-order valence-corrected chi connectivity index (χ1v) is 6.62. The highest BCUT2D eigenvalue weighted by Gasteiger charge is 2.19. The Labute approximate surface area is 136 Å². The van der Waals surface area contributed by atoms with Gasteiger partial charge in [-0.2, -0.15) is 0 Å². The van der Waals surface area contributed by atoms with Gasteiger partial charge in [0.1, 0.15) is 0 Å². The van der Waals surface area contributed by atoms with Crippen LogP contribution in [0.4, 0.5) is 11.4 Å². The predicted octanol–water partition coefficient (Wildman–Crippen LogP) is 2.94. The Hall–Kier alpha value is -3.33. The van der Waals surface area contributed by atoms with Crippen LogP contribution < -0.4 is 0 Å². The van der Waals surface area contributed by atoms with Crippen molar-refractivity contribution in [1.29, 1.82) is 0 Å². The molecule has 9 heteroatoms. The van der Waals surface area contributed by atoms with E-state index >= 15 is 0 Å². The number of carboxylic acid groups (broad SMARTS) is 1. The summed E-state index contributed by atoms with van der Waals surface area (Å²) in [4.78, 5) is 29.4. The number of non-ortho nitro benzene ring substituents is 2. The maximum Gasteiger partial charge on any atom is 0.336 e. The maximum absolute atomic E-state index is 10.5. The Morgan fingerprint density at radius 2 is 1.46 bits per heavy atom. The molecule has 0 radical (unpaired) electrons. The Bertz CT molecular complexity index is 666. The van der Waals surface area contributed by atoms with E-state index in [1.54, 1.807) is 6.92 Å². The van der Waals surface area contributed by atoms with E-state index in [2.05, 4.69) is 0 Å². The molecule has 2 N–H and O–H groups in total. The first kappa shape index (κ1) is 18.7. The van der Waals surface area contributed by atoms with Gasteiger partial charge in [-0.25, -0.2) is 4.79 Å². The number of hydrogen-bond donors (Lipinski definition) is 2. The van der Waals surface area contributed by atoms with E-state index in [4.69, 9.17) is 10.2 Å². The summed E-state index contributed by atoms with van der Waals surface area (Å²) in [5.74, 6) is -1.46. The van der Waals surface area contributed by atoms with Crippen LogP contribution in [0, 0.1) is 20.2 Å². The van der Waals surface area contributed by atoms with Gasteiger partial charge in [-0.15, -0.1) is 0 Å². The molecule has 0 aliphatic carbocycles. The minimum absolute atomic E-state index is 0.341. The van der Waals surface area contributed by atoms with Crippen molar-refractivity contribution in [2.45, 2.75) is 13.0 Å². The SMILES string of the molecule is CC(O)c1ccccc1.O=C(O)c1cc([N+](=O)[O-])cc([N+](=O)[O-])c1. The highest BCUT2D eigenvalue weighted by Crippen LogP contribution is 2.22. The molecule has 2 rings (SSSR count). The van der Waals surface area contributed by atoms with Gasteiger partial charge in [-0.05, 0) is 12.5 Å². The Kier molecular flexibility index (Phi) is 6.51. The monoisotopic (exact) mass is 334 g/mol. The average molecular weight is 334 g/mol. The second-order valence-corrected chi connectivity index (χ2v) is 4.64. The molecule has 126 valence electrons. The van der Waals surface area contributed by atoms with Gasteiger partial charge in [0.2, 0.25) is 0 Å². The number of carbonyl (C=O) groups is 1. The number of nitro groups is 2. The van der Waals surface area contributed by atoms with Crippen LogP contribution in [0.3, 0.4) is 0 Å². The summed E-state index contributed by atoms with van der Waals surface area (Å²) < 4.78 is 0. The number of aromatic carboxylic acids is 1. The molecule has 1 unspecified atom stereocenters. The third-order valence-corrected chi connectivity index (χ3v) is 2.85. The molecule has 0 aliphatic heterocycles. The molecule has 24 heavy (non-hydrogen) atoms. The molecule has 2 aromatic rings. The fourth-order valence-corrected chi connectivity index (χ4v) is 1.66. The molecule has 0 aliphatic rings. The summed E-state index contributed by atoms with van der Waals surface area (Å²) in [6, 6.07) is 11.8. The summed E-state index contributed by atoms with van der Waals surface area (Å²) in [5, 5.41) is 38.3. The van der Waals surface area contributed by atoms with Crippen molar-refractivity contribution in [3.8, 4) is 0 Å². The van der Waals surface area contributed by atoms with Crippen LogP contribution >= 0.6 is 0 Å². The lowest BCUT2D eigenvalue weighted by atomic mass is 10.1. The van der Waals surface area contributed by atoms with E-state index in [1.807, 2.05) is 30.3 Å². The van der Waals surface area contributed by atoms with E-state index in [9.17, 15) is 25.0 Å². The number of nitrogens with zero attached hydrogens (tertiary/aromatic N) is 2. The summed E-state index contributed by atoms with van der Waals surface area (Å²) >= 11 is 0. The Balaban J connectivity index is 0.000000272. The van der Waals surface area contributed by atoms with Gasteiger partial charge in [-0.1, -0.05) is 30.3 Å². The molecule has 0 saturated carbocycles. The number of hydrogen-bond acceptors (Lipinski definition) is 6. The number of aliphatic hydroxyl groups excluding tert-OH is 1. The third kappa shape index (κ3) is 5.46. The summed E-state index contributed by atoms with van der Waals surface area (Å²) in [6.45, 7) is 1.76. The van der Waals surface area contributed by atoms with E-state index in [1.165, 1.54) is 0 Å². The van der Waals surface area contributed by atoms with Gasteiger partial charge in [0.15, 0.2) is 0 Å². The van der Waals surface area contributed by atoms with E-state index < -0.39 is 32.8 Å². The topological polar surface area (TPSA) is 144 Å². The lowest BCUT2D eigenvalue weighted by Crippen LogP contribution is -2.00. The molecule has 0 spiro atoms. The molecule has 0 bridgehead atoms. The number of carboxylic acids is 1. The lowest BCUT2D eigenvalue weighted by Gasteiger charge is -2.00. The van der Waals surface area contributed by atoms with Crippen molar-refractivity contribution in [2.75, 3.05) is 0 Å². The van der Waals surface area contributed by atoms with Crippen LogP contribution in [0.1, 0.15) is 28.9 Å². The zero-order valence-electron chi connectivity index (χ0n) is 12.5. The third-order valence-electron chi connectivity index (χ3n) is 2.85. The zero-order chi connectivity index (χ0) is 18.3. The summed E-state index contributed by atoms with van der Waals surface area (Å²) in [5.41, 5.74) is -0.767. The second-order valence-electron chi connectivity index (χ2n) is 4.64. The van der Waals surface area contributed by atoms with Crippen LogP contribution in [-0.4, -0.2) is 26.0 Å². The first-order chi connectivity index (χ1) is 11.2. The van der Waals surface area contributed by atoms with E-state index in [0.717, 1.165) is 17.7 Å². The molecule has 2 aromatic carbocycles. The molecule has 0 amide bonds. The van der Waals surface area contributed by atoms with Crippen LogP contribution in [0.5, 0.6) is 0 Å². The quantitative estimate of drug-likeness (QED) is 0.646. The number of aliphatic hydroxyl groups is 1. The standard InChI is InChI=1S/C8H10O.C7H4N2O6/c1-7(9)8-5-3-2-4-6-8;10-7(11)4-1-5(8(12)13)3-6(2-4)9(14)15/h2-7,9H,1H3;1-3H,(H,10,11). The molecule has 0 fully saturated rings. The second kappa shape index (κ2) is 8.34. The maximum atomic E-state index is 10.5. The van der Waals surface area contributed by atoms with E-state index in [-0.39, 0.29) is 6.10 Å². The highest BCUT2D eigenvalue weighted by atomic mass is 16.6. The number of nitro benzene ring substituents is 2. The van der Waals surface area contributed by atoms with Crippen LogP contribution in [-0.2, 0) is 0 Å². The first-order valence-electron chi connectivity index (χ1n) is 6.62. The molecule has 0 aromatic heterocycles. The minimum Gasteiger partial charge on any atom is -0.478 e. The lowest BCUT2D eigenvalue weighted by molar-refractivity contribution is -0.394. The average Bonchev–Trinajstić information content (AvgIpc) is 2.55. The van der Waals surface area contributed by atoms with Crippen LogP contribution in [0.15, 0.2) is 48.5 Å². The predicted molar refractivity (Wildman–Crippen MR) is 83.8 cm³/mol. The summed E-state index contributed by atoms with van der Waals surface area (Å²) in [6.07, 6.45) is -0.341. The fraction of sp³-hybridized carbons (Fsp3) is 0.133. The summed E-state index contributed by atoms with van der Waals surface area (Å²) in [7, 11) is 0. The van der Waals surface area contributed by atoms with Crippen molar-refractivity contribution in [1.82, 2.24) is 0 Å². The van der Waals surface area contributed by atoms with Gasteiger partial charge >= 0.3 is 5.97 Å². The molecular weight excluding hydrogens is 320 g/mol. The molecule has 0 heterocycles. The van der Waals surface area contributed by atoms with Crippen LogP contribution in [0.2, 0.25) is 0 Å². The molecule has 1 atom stereocenters. The van der Waals surface area contributed by atoms with Gasteiger partial charge in [0.25, 0.3) is 11.4 Å². The molecular formula is C15H14N2O7. The smallest absolute Gasteiger partial charge is 0.336 e. The van der Waals surface area contributed by atoms with Crippen molar-refractivity contribution >= 4 is 17.3 Å². The zero-order valence-corrected chi connectivity index (χ0v) is 12.5. The van der Waals surface area contributed by atoms with Gasteiger partial charge in [0, 0.05) is 12.1 Å². The van der Waals surface area contributed by atoms with Crippen molar-refractivity contribution in [3.63, 3.8) is 0 Å². The van der Waals surface area contributed by atoms with Crippen molar-refractivity contribution in [2.24, 2.45) is 0 Å². The van der Waals surface area contributed by atoms with Crippen molar-refractivity contribution in [3.05, 3.63) is 79.9 Å². The Morgan fingerprint density at radius 1 is 1.00 bits per heavy atom.